The van der Waals surface area contributed by atoms with Crippen molar-refractivity contribution in [2.75, 3.05) is 6.61 Å². The van der Waals surface area contributed by atoms with Crippen molar-refractivity contribution in [2.45, 2.75) is 77.2 Å². The summed E-state index contributed by atoms with van der Waals surface area (Å²) < 4.78 is 30.1. The Bertz CT molecular complexity index is 378. The normalized spacial score (nSPS) is 47.2. The number of rotatable bonds is 1. The summed E-state index contributed by atoms with van der Waals surface area (Å²) in [5, 5.41) is 0. The molecule has 0 spiro atoms. The van der Waals surface area contributed by atoms with Crippen molar-refractivity contribution in [3.8, 4) is 0 Å². The Morgan fingerprint density at radius 3 is 2.26 bits per heavy atom. The molecule has 0 aromatic carbocycles. The molecule has 3 fully saturated rings. The van der Waals surface area contributed by atoms with E-state index in [0.717, 1.165) is 0 Å². The summed E-state index contributed by atoms with van der Waals surface area (Å²) >= 11 is 0. The maximum atomic E-state index is 6.10. The fourth-order valence-electron chi connectivity index (χ4n) is 3.34. The Morgan fingerprint density at radius 1 is 0.947 bits per heavy atom. The maximum Gasteiger partial charge on any atom is 0.203 e. The molecule has 0 saturated carbocycles. The molecule has 4 unspecified atom stereocenters. The van der Waals surface area contributed by atoms with E-state index in [9.17, 15) is 0 Å². The van der Waals surface area contributed by atoms with E-state index >= 15 is 0 Å². The third-order valence-corrected chi connectivity index (χ3v) is 4.01. The van der Waals surface area contributed by atoms with Crippen LogP contribution in [0, 0.1) is 5.92 Å². The van der Waals surface area contributed by atoms with Gasteiger partial charge in [-0.3, -0.25) is 0 Å². The topological polar surface area (TPSA) is 46.2 Å². The molecule has 0 aliphatic carbocycles. The van der Waals surface area contributed by atoms with Crippen molar-refractivity contribution in [2.24, 2.45) is 5.92 Å². The Balaban J connectivity index is 1.94. The average molecular weight is 272 g/mol. The summed E-state index contributed by atoms with van der Waals surface area (Å²) in [6, 6.07) is 0. The van der Waals surface area contributed by atoms with Crippen LogP contribution in [0.3, 0.4) is 0 Å². The van der Waals surface area contributed by atoms with Gasteiger partial charge in [0.2, 0.25) is 5.79 Å². The zero-order valence-electron chi connectivity index (χ0n) is 12.6. The monoisotopic (exact) mass is 272 g/mol. The molecule has 3 rings (SSSR count). The van der Waals surface area contributed by atoms with Crippen LogP contribution in [-0.2, 0) is 23.7 Å². The molecule has 3 aliphatic heterocycles. The second kappa shape index (κ2) is 3.92. The summed E-state index contributed by atoms with van der Waals surface area (Å²) in [5.41, 5.74) is 0. The van der Waals surface area contributed by atoms with Gasteiger partial charge in [0.25, 0.3) is 0 Å². The lowest BCUT2D eigenvalue weighted by Gasteiger charge is -2.43. The summed E-state index contributed by atoms with van der Waals surface area (Å²) in [7, 11) is 0. The lowest BCUT2D eigenvalue weighted by molar-refractivity contribution is -0.301. The second-order valence-corrected chi connectivity index (χ2v) is 6.87. The molecule has 3 aliphatic rings. The van der Waals surface area contributed by atoms with Gasteiger partial charge in [-0.2, -0.15) is 0 Å². The number of ether oxygens (including phenoxy) is 5. The summed E-state index contributed by atoms with van der Waals surface area (Å²) in [5.74, 6) is -1.83. The third-order valence-electron chi connectivity index (χ3n) is 4.01. The molecule has 0 radical (unpaired) electrons. The second-order valence-electron chi connectivity index (χ2n) is 6.87. The highest BCUT2D eigenvalue weighted by Crippen LogP contribution is 2.50. The highest BCUT2D eigenvalue weighted by atomic mass is 16.9. The summed E-state index contributed by atoms with van der Waals surface area (Å²) in [4.78, 5) is 0. The molecule has 0 aromatic heterocycles. The van der Waals surface area contributed by atoms with Gasteiger partial charge < -0.3 is 23.7 Å². The smallest absolute Gasteiger partial charge is 0.203 e. The van der Waals surface area contributed by atoms with Crippen molar-refractivity contribution in [1.29, 1.82) is 0 Å². The van der Waals surface area contributed by atoms with Crippen molar-refractivity contribution < 1.29 is 23.7 Å². The van der Waals surface area contributed by atoms with E-state index in [0.29, 0.717) is 6.61 Å². The van der Waals surface area contributed by atoms with Crippen LogP contribution in [0.2, 0.25) is 0 Å². The lowest BCUT2D eigenvalue weighted by Crippen LogP contribution is -2.60. The highest BCUT2D eigenvalue weighted by Gasteiger charge is 2.66. The van der Waals surface area contributed by atoms with Crippen molar-refractivity contribution in [1.82, 2.24) is 0 Å². The molecular weight excluding hydrogens is 248 g/mol. The first-order valence-corrected chi connectivity index (χ1v) is 7.03. The zero-order valence-corrected chi connectivity index (χ0v) is 12.6. The fraction of sp³-hybridized carbons (Fsp3) is 1.00. The standard InChI is InChI=1S/C14H24O5/c1-8(2)14-11(18-13(5,6)19-14)10-9(7-15-14)16-12(3,4)17-10/h8-11H,7H2,1-6H3. The molecular formula is C14H24O5. The Hall–Kier alpha value is -0.200. The quantitative estimate of drug-likeness (QED) is 0.731. The predicted octanol–water partition coefficient (Wildman–Crippen LogP) is 2.04. The van der Waals surface area contributed by atoms with Crippen molar-refractivity contribution >= 4 is 0 Å². The van der Waals surface area contributed by atoms with E-state index in [4.69, 9.17) is 23.7 Å². The van der Waals surface area contributed by atoms with E-state index in [-0.39, 0.29) is 24.2 Å². The summed E-state index contributed by atoms with van der Waals surface area (Å²) in [6.07, 6.45) is -0.500. The third kappa shape index (κ3) is 2.03. The molecule has 5 heteroatoms. The van der Waals surface area contributed by atoms with E-state index in [1.165, 1.54) is 0 Å². The van der Waals surface area contributed by atoms with Crippen LogP contribution < -0.4 is 0 Å². The van der Waals surface area contributed by atoms with Gasteiger partial charge in [0, 0.05) is 5.92 Å². The van der Waals surface area contributed by atoms with E-state index in [1.807, 2.05) is 27.7 Å². The van der Waals surface area contributed by atoms with Gasteiger partial charge in [0.1, 0.15) is 18.3 Å². The number of hydrogen-bond donors (Lipinski definition) is 0. The predicted molar refractivity (Wildman–Crippen MR) is 67.4 cm³/mol. The molecule has 19 heavy (non-hydrogen) atoms. The molecule has 3 saturated heterocycles. The van der Waals surface area contributed by atoms with Gasteiger partial charge in [-0.15, -0.1) is 0 Å². The van der Waals surface area contributed by atoms with E-state index < -0.39 is 17.4 Å². The fourth-order valence-corrected chi connectivity index (χ4v) is 3.34. The molecule has 0 bridgehead atoms. The van der Waals surface area contributed by atoms with Crippen LogP contribution in [0.4, 0.5) is 0 Å². The minimum atomic E-state index is -0.742. The first-order chi connectivity index (χ1) is 8.65. The molecule has 0 aromatic rings. The number of fused-ring (bicyclic) bond motifs is 3. The van der Waals surface area contributed by atoms with Crippen molar-refractivity contribution in [3.63, 3.8) is 0 Å². The van der Waals surface area contributed by atoms with Crippen LogP contribution in [-0.4, -0.2) is 42.3 Å². The van der Waals surface area contributed by atoms with Gasteiger partial charge in [-0.05, 0) is 27.7 Å². The number of hydrogen-bond acceptors (Lipinski definition) is 5. The van der Waals surface area contributed by atoms with Crippen LogP contribution in [0.15, 0.2) is 0 Å². The Kier molecular flexibility index (Phi) is 2.84. The first-order valence-electron chi connectivity index (χ1n) is 7.03. The van der Waals surface area contributed by atoms with Crippen LogP contribution in [0.5, 0.6) is 0 Å². The molecule has 4 atom stereocenters. The Morgan fingerprint density at radius 2 is 1.63 bits per heavy atom. The van der Waals surface area contributed by atoms with Crippen LogP contribution >= 0.6 is 0 Å². The zero-order chi connectivity index (χ0) is 14.1. The molecule has 0 amide bonds. The minimum absolute atomic E-state index is 0.0932. The van der Waals surface area contributed by atoms with Gasteiger partial charge in [0.15, 0.2) is 11.6 Å². The maximum absolute atomic E-state index is 6.10. The van der Waals surface area contributed by atoms with Crippen LogP contribution in [0.25, 0.3) is 0 Å². The van der Waals surface area contributed by atoms with Gasteiger partial charge >= 0.3 is 0 Å². The first kappa shape index (κ1) is 13.8. The van der Waals surface area contributed by atoms with Crippen LogP contribution in [0.1, 0.15) is 41.5 Å². The highest BCUT2D eigenvalue weighted by molar-refractivity contribution is 5.04. The average Bonchev–Trinajstić information content (AvgIpc) is 2.70. The van der Waals surface area contributed by atoms with Gasteiger partial charge in [-0.1, -0.05) is 13.8 Å². The molecule has 0 N–H and O–H groups in total. The largest absolute Gasteiger partial charge is 0.344 e. The molecule has 5 nitrogen and oxygen atoms in total. The van der Waals surface area contributed by atoms with E-state index in [1.54, 1.807) is 0 Å². The van der Waals surface area contributed by atoms with Gasteiger partial charge in [-0.25, -0.2) is 0 Å². The van der Waals surface area contributed by atoms with E-state index in [2.05, 4.69) is 13.8 Å². The summed E-state index contributed by atoms with van der Waals surface area (Å²) in [6.45, 7) is 12.3. The Labute approximate surface area is 114 Å². The van der Waals surface area contributed by atoms with Crippen molar-refractivity contribution in [3.05, 3.63) is 0 Å². The SMILES string of the molecule is CC(C)C12OCC3OC(C)(C)OC3C1OC(C)(C)O2. The molecule has 3 heterocycles. The van der Waals surface area contributed by atoms with Gasteiger partial charge in [0.05, 0.1) is 6.61 Å². The minimum Gasteiger partial charge on any atom is -0.344 e. The lowest BCUT2D eigenvalue weighted by atomic mass is 9.89. The molecule has 110 valence electrons.